The van der Waals surface area contributed by atoms with Crippen molar-refractivity contribution in [3.8, 4) is 5.75 Å². The van der Waals surface area contributed by atoms with E-state index in [1.54, 1.807) is 7.11 Å². The first kappa shape index (κ1) is 20.1. The van der Waals surface area contributed by atoms with Gasteiger partial charge < -0.3 is 20.3 Å². The molecule has 0 aliphatic carbocycles. The third-order valence-electron chi connectivity index (χ3n) is 4.91. The van der Waals surface area contributed by atoms with E-state index in [0.717, 1.165) is 55.0 Å². The van der Waals surface area contributed by atoms with Crippen molar-refractivity contribution in [3.63, 3.8) is 0 Å². The van der Waals surface area contributed by atoms with Crippen molar-refractivity contribution >= 4 is 34.6 Å². The van der Waals surface area contributed by atoms with Gasteiger partial charge in [0.05, 0.1) is 7.11 Å². The molecule has 1 fully saturated rings. The zero-order valence-corrected chi connectivity index (χ0v) is 17.3. The third-order valence-corrected chi connectivity index (χ3v) is 5.15. The van der Waals surface area contributed by atoms with Gasteiger partial charge in [-0.05, 0) is 79.9 Å². The minimum atomic E-state index is 0.206. The Labute approximate surface area is 172 Å². The van der Waals surface area contributed by atoms with Crippen LogP contribution in [0.5, 0.6) is 5.75 Å². The van der Waals surface area contributed by atoms with Crippen molar-refractivity contribution in [2.24, 2.45) is 0 Å². The zero-order chi connectivity index (χ0) is 19.9. The number of carbonyl (C=O) groups is 1. The van der Waals surface area contributed by atoms with Crippen molar-refractivity contribution in [2.75, 3.05) is 30.4 Å². The topological polar surface area (TPSA) is 53.6 Å². The fourth-order valence-electron chi connectivity index (χ4n) is 3.40. The van der Waals surface area contributed by atoms with Gasteiger partial charge in [0.2, 0.25) is 5.91 Å². The van der Waals surface area contributed by atoms with E-state index in [2.05, 4.69) is 22.8 Å². The van der Waals surface area contributed by atoms with Crippen molar-refractivity contribution in [2.45, 2.75) is 32.6 Å². The number of thiocarbonyl (C=S) groups is 1. The lowest BCUT2D eigenvalue weighted by molar-refractivity contribution is -0.117. The van der Waals surface area contributed by atoms with Crippen molar-refractivity contribution in [3.05, 3.63) is 53.6 Å². The molecule has 0 radical (unpaired) electrons. The van der Waals surface area contributed by atoms with Gasteiger partial charge in [0, 0.05) is 30.9 Å². The summed E-state index contributed by atoms with van der Waals surface area (Å²) in [7, 11) is 1.67. The highest BCUT2D eigenvalue weighted by molar-refractivity contribution is 7.80. The second-order valence-electron chi connectivity index (χ2n) is 6.98. The molecule has 0 spiro atoms. The zero-order valence-electron chi connectivity index (χ0n) is 16.5. The van der Waals surface area contributed by atoms with Gasteiger partial charge in [0.1, 0.15) is 5.75 Å². The summed E-state index contributed by atoms with van der Waals surface area (Å²) in [4.78, 5) is 13.8. The molecule has 1 heterocycles. The normalized spacial score (nSPS) is 13.5. The molecule has 148 valence electrons. The second kappa shape index (κ2) is 9.55. The maximum absolute atomic E-state index is 11.9. The van der Waals surface area contributed by atoms with Crippen LogP contribution in [0.2, 0.25) is 0 Å². The van der Waals surface area contributed by atoms with E-state index in [9.17, 15) is 4.79 Å². The fourth-order valence-corrected chi connectivity index (χ4v) is 3.62. The average molecular weight is 398 g/mol. The SMILES string of the molecule is COc1ccc(CCCNC(=S)Nc2ccc(N3CCCC3=O)c(C)c2)cc1. The number of amides is 1. The molecule has 3 rings (SSSR count). The maximum Gasteiger partial charge on any atom is 0.227 e. The average Bonchev–Trinajstić information content (AvgIpc) is 3.11. The van der Waals surface area contributed by atoms with Crippen LogP contribution in [0.1, 0.15) is 30.4 Å². The molecule has 28 heavy (non-hydrogen) atoms. The number of methoxy groups -OCH3 is 1. The van der Waals surface area contributed by atoms with E-state index in [1.165, 1.54) is 5.56 Å². The minimum Gasteiger partial charge on any atom is -0.497 e. The number of nitrogens with one attached hydrogen (secondary N) is 2. The monoisotopic (exact) mass is 397 g/mol. The number of hydrogen-bond donors (Lipinski definition) is 2. The van der Waals surface area contributed by atoms with E-state index in [4.69, 9.17) is 17.0 Å². The van der Waals surface area contributed by atoms with E-state index >= 15 is 0 Å². The molecule has 1 aliphatic rings. The number of ether oxygens (including phenoxy) is 1. The van der Waals surface area contributed by atoms with Gasteiger partial charge in [-0.3, -0.25) is 4.79 Å². The first-order valence-corrected chi connectivity index (χ1v) is 10.1. The Morgan fingerprint density at radius 2 is 2.00 bits per heavy atom. The largest absolute Gasteiger partial charge is 0.497 e. The molecule has 1 amide bonds. The molecule has 1 saturated heterocycles. The fraction of sp³-hybridized carbons (Fsp3) is 0.364. The molecular formula is C22H27N3O2S. The first-order valence-electron chi connectivity index (χ1n) is 9.65. The number of carbonyl (C=O) groups excluding carboxylic acids is 1. The lowest BCUT2D eigenvalue weighted by Crippen LogP contribution is -2.29. The molecule has 6 heteroatoms. The number of anilines is 2. The highest BCUT2D eigenvalue weighted by atomic mass is 32.1. The Hall–Kier alpha value is -2.60. The minimum absolute atomic E-state index is 0.206. The molecule has 2 aromatic carbocycles. The maximum atomic E-state index is 11.9. The predicted octanol–water partition coefficient (Wildman–Crippen LogP) is 4.05. The number of nitrogens with zero attached hydrogens (tertiary/aromatic N) is 1. The molecule has 2 N–H and O–H groups in total. The highest BCUT2D eigenvalue weighted by Crippen LogP contribution is 2.27. The lowest BCUT2D eigenvalue weighted by Gasteiger charge is -2.19. The van der Waals surface area contributed by atoms with E-state index in [-0.39, 0.29) is 5.91 Å². The Morgan fingerprint density at radius 3 is 2.64 bits per heavy atom. The summed E-state index contributed by atoms with van der Waals surface area (Å²) in [6, 6.07) is 14.1. The highest BCUT2D eigenvalue weighted by Gasteiger charge is 2.22. The first-order chi connectivity index (χ1) is 13.6. The van der Waals surface area contributed by atoms with Crippen LogP contribution in [0.25, 0.3) is 0 Å². The quantitative estimate of drug-likeness (QED) is 0.545. The summed E-state index contributed by atoms with van der Waals surface area (Å²) >= 11 is 5.40. The van der Waals surface area contributed by atoms with E-state index < -0.39 is 0 Å². The van der Waals surface area contributed by atoms with Crippen LogP contribution in [0.3, 0.4) is 0 Å². The Bertz CT molecular complexity index is 836. The van der Waals surface area contributed by atoms with Crippen molar-refractivity contribution < 1.29 is 9.53 Å². The Balaban J connectivity index is 1.44. The molecule has 0 atom stereocenters. The summed E-state index contributed by atoms with van der Waals surface area (Å²) in [6.07, 6.45) is 3.55. The van der Waals surface area contributed by atoms with Gasteiger partial charge in [-0.2, -0.15) is 0 Å². The number of rotatable bonds is 7. The number of aryl methyl sites for hydroxylation is 2. The molecule has 0 bridgehead atoms. The Morgan fingerprint density at radius 1 is 1.21 bits per heavy atom. The second-order valence-corrected chi connectivity index (χ2v) is 7.39. The van der Waals surface area contributed by atoms with Gasteiger partial charge in [0.15, 0.2) is 5.11 Å². The molecule has 0 aromatic heterocycles. The number of hydrogen-bond acceptors (Lipinski definition) is 3. The van der Waals surface area contributed by atoms with Crippen LogP contribution in [0, 0.1) is 6.92 Å². The van der Waals surface area contributed by atoms with Crippen LogP contribution in [0.4, 0.5) is 11.4 Å². The summed E-state index contributed by atoms with van der Waals surface area (Å²) in [6.45, 7) is 3.63. The molecule has 0 saturated carbocycles. The van der Waals surface area contributed by atoms with Gasteiger partial charge >= 0.3 is 0 Å². The van der Waals surface area contributed by atoms with Gasteiger partial charge in [-0.1, -0.05) is 12.1 Å². The van der Waals surface area contributed by atoms with Gasteiger partial charge in [0.25, 0.3) is 0 Å². The van der Waals surface area contributed by atoms with Crippen molar-refractivity contribution in [1.29, 1.82) is 0 Å². The molecular weight excluding hydrogens is 370 g/mol. The summed E-state index contributed by atoms with van der Waals surface area (Å²) in [5, 5.41) is 7.09. The smallest absolute Gasteiger partial charge is 0.227 e. The van der Waals surface area contributed by atoms with Gasteiger partial charge in [-0.25, -0.2) is 0 Å². The van der Waals surface area contributed by atoms with Crippen molar-refractivity contribution in [1.82, 2.24) is 5.32 Å². The molecule has 2 aromatic rings. The van der Waals surface area contributed by atoms with E-state index in [0.29, 0.717) is 11.5 Å². The van der Waals surface area contributed by atoms with Crippen LogP contribution < -0.4 is 20.3 Å². The predicted molar refractivity (Wildman–Crippen MR) is 118 cm³/mol. The van der Waals surface area contributed by atoms with Crippen LogP contribution in [0.15, 0.2) is 42.5 Å². The van der Waals surface area contributed by atoms with Gasteiger partial charge in [-0.15, -0.1) is 0 Å². The number of benzene rings is 2. The van der Waals surface area contributed by atoms with Crippen LogP contribution >= 0.6 is 12.2 Å². The summed E-state index contributed by atoms with van der Waals surface area (Å²) in [5.74, 6) is 1.08. The summed E-state index contributed by atoms with van der Waals surface area (Å²) in [5.41, 5.74) is 4.28. The third kappa shape index (κ3) is 5.23. The van der Waals surface area contributed by atoms with Crippen LogP contribution in [-0.4, -0.2) is 31.2 Å². The molecule has 5 nitrogen and oxygen atoms in total. The standard InChI is InChI=1S/C22H27N3O2S/c1-16-15-18(9-12-20(16)25-14-4-6-21(25)26)24-22(28)23-13-3-5-17-7-10-19(27-2)11-8-17/h7-12,15H,3-6,13-14H2,1-2H3,(H2,23,24,28). The molecule has 1 aliphatic heterocycles. The summed E-state index contributed by atoms with van der Waals surface area (Å²) < 4.78 is 5.18. The molecule has 0 unspecified atom stereocenters. The Kier molecular flexibility index (Phi) is 6.87. The van der Waals surface area contributed by atoms with Crippen LogP contribution in [-0.2, 0) is 11.2 Å². The van der Waals surface area contributed by atoms with E-state index in [1.807, 2.05) is 42.2 Å². The lowest BCUT2D eigenvalue weighted by atomic mass is 10.1.